The van der Waals surface area contributed by atoms with Crippen LogP contribution < -0.4 is 9.47 Å². The highest BCUT2D eigenvalue weighted by atomic mass is 35.5. The Morgan fingerprint density at radius 2 is 2.00 bits per heavy atom. The Bertz CT molecular complexity index is 1380. The number of fused-ring (bicyclic) bond motifs is 2. The summed E-state index contributed by atoms with van der Waals surface area (Å²) in [6.07, 6.45) is 7.33. The molecule has 6 rings (SSSR count). The molecule has 1 saturated carbocycles. The van der Waals surface area contributed by atoms with Gasteiger partial charge in [0.25, 0.3) is 0 Å². The van der Waals surface area contributed by atoms with Gasteiger partial charge in [0.05, 0.1) is 17.0 Å². The van der Waals surface area contributed by atoms with E-state index in [9.17, 15) is 9.90 Å². The Balaban J connectivity index is 1.21. The first-order chi connectivity index (χ1) is 18.4. The van der Waals surface area contributed by atoms with Gasteiger partial charge in [0.15, 0.2) is 0 Å². The molecule has 2 aliphatic heterocycles. The van der Waals surface area contributed by atoms with Crippen molar-refractivity contribution >= 4 is 34.5 Å². The van der Waals surface area contributed by atoms with Gasteiger partial charge < -0.3 is 14.6 Å². The minimum atomic E-state index is -0.722. The Morgan fingerprint density at radius 1 is 1.21 bits per heavy atom. The van der Waals surface area contributed by atoms with Crippen molar-refractivity contribution in [1.29, 1.82) is 0 Å². The fraction of sp³-hybridized carbons (Fsp3) is 0.448. The van der Waals surface area contributed by atoms with Gasteiger partial charge in [0, 0.05) is 30.0 Å². The highest BCUT2D eigenvalue weighted by Crippen LogP contribution is 2.42. The predicted molar refractivity (Wildman–Crippen MR) is 143 cm³/mol. The van der Waals surface area contributed by atoms with Crippen LogP contribution in [0.15, 0.2) is 35.9 Å². The van der Waals surface area contributed by atoms with Crippen LogP contribution in [0.2, 0.25) is 5.15 Å². The van der Waals surface area contributed by atoms with Crippen molar-refractivity contribution in [2.24, 2.45) is 11.8 Å². The van der Waals surface area contributed by atoms with Crippen molar-refractivity contribution in [2.45, 2.75) is 44.6 Å². The van der Waals surface area contributed by atoms with Crippen LogP contribution in [0.1, 0.15) is 55.8 Å². The van der Waals surface area contributed by atoms with E-state index >= 15 is 4.39 Å². The molecule has 2 N–H and O–H groups in total. The van der Waals surface area contributed by atoms with Gasteiger partial charge in [-0.3, -0.25) is 14.8 Å². The van der Waals surface area contributed by atoms with Crippen molar-refractivity contribution in [3.8, 4) is 11.5 Å². The third kappa shape index (κ3) is 5.12. The SMILES string of the molecule is O=C(O)C1CCN(CC2=Cc3c(F)cc(OC(c4ccc5n[nH]c(Cl)c5c4)C4CCCC4)cc3OC2)CC1. The van der Waals surface area contributed by atoms with Crippen LogP contribution in [0.25, 0.3) is 17.0 Å². The molecule has 3 aromatic rings. The van der Waals surface area contributed by atoms with Gasteiger partial charge in [-0.15, -0.1) is 0 Å². The molecule has 1 unspecified atom stereocenters. The first-order valence-corrected chi connectivity index (χ1v) is 13.7. The average molecular weight is 540 g/mol. The van der Waals surface area contributed by atoms with Crippen molar-refractivity contribution in [3.63, 3.8) is 0 Å². The monoisotopic (exact) mass is 539 g/mol. The van der Waals surface area contributed by atoms with Gasteiger partial charge in [-0.05, 0) is 68.1 Å². The summed E-state index contributed by atoms with van der Waals surface area (Å²) in [4.78, 5) is 13.4. The Hall–Kier alpha value is -3.10. The number of carboxylic acids is 1. The van der Waals surface area contributed by atoms with E-state index in [0.717, 1.165) is 60.8 Å². The van der Waals surface area contributed by atoms with Crippen LogP contribution in [0, 0.1) is 17.7 Å². The number of halogens is 2. The lowest BCUT2D eigenvalue weighted by Crippen LogP contribution is -2.38. The van der Waals surface area contributed by atoms with Crippen LogP contribution in [-0.2, 0) is 4.79 Å². The number of aromatic amines is 1. The molecule has 3 aliphatic rings. The zero-order valence-electron chi connectivity index (χ0n) is 21.1. The summed E-state index contributed by atoms with van der Waals surface area (Å²) in [5, 5.41) is 17.6. The molecule has 38 heavy (non-hydrogen) atoms. The molecule has 0 spiro atoms. The van der Waals surface area contributed by atoms with Gasteiger partial charge in [-0.2, -0.15) is 5.10 Å². The number of aromatic nitrogens is 2. The third-order valence-corrected chi connectivity index (χ3v) is 8.43. The van der Waals surface area contributed by atoms with Crippen molar-refractivity contribution in [2.75, 3.05) is 26.2 Å². The van der Waals surface area contributed by atoms with E-state index in [2.05, 4.69) is 15.1 Å². The summed E-state index contributed by atoms with van der Waals surface area (Å²) >= 11 is 6.30. The molecule has 2 fully saturated rings. The van der Waals surface area contributed by atoms with E-state index in [4.69, 9.17) is 21.1 Å². The zero-order chi connectivity index (χ0) is 26.2. The number of nitrogens with zero attached hydrogens (tertiary/aromatic N) is 2. The molecule has 1 saturated heterocycles. The van der Waals surface area contributed by atoms with Gasteiger partial charge in [-0.25, -0.2) is 4.39 Å². The van der Waals surface area contributed by atoms with Gasteiger partial charge in [-0.1, -0.05) is 30.5 Å². The Morgan fingerprint density at radius 3 is 2.76 bits per heavy atom. The highest BCUT2D eigenvalue weighted by Gasteiger charge is 2.30. The van der Waals surface area contributed by atoms with Crippen LogP contribution >= 0.6 is 11.6 Å². The molecule has 2 aromatic carbocycles. The molecule has 0 radical (unpaired) electrons. The lowest BCUT2D eigenvalue weighted by Gasteiger charge is -2.31. The Kier molecular flexibility index (Phi) is 7.01. The molecular formula is C29H31ClFN3O4. The average Bonchev–Trinajstić information content (AvgIpc) is 3.58. The maximum absolute atomic E-state index is 15.4. The molecule has 9 heteroatoms. The minimum absolute atomic E-state index is 0.228. The third-order valence-electron chi connectivity index (χ3n) is 8.14. The second-order valence-electron chi connectivity index (χ2n) is 10.7. The number of aliphatic carboxylic acids is 1. The van der Waals surface area contributed by atoms with Crippen LogP contribution in [0.3, 0.4) is 0 Å². The normalized spacial score (nSPS) is 19.7. The first kappa shape index (κ1) is 25.2. The number of likely N-dealkylation sites (tertiary alicyclic amines) is 1. The number of benzene rings is 2. The number of ether oxygens (including phenoxy) is 2. The second-order valence-corrected chi connectivity index (χ2v) is 11.1. The molecule has 3 heterocycles. The van der Waals surface area contributed by atoms with E-state index in [1.807, 2.05) is 24.3 Å². The summed E-state index contributed by atoms with van der Waals surface area (Å²) in [6.45, 7) is 2.45. The largest absolute Gasteiger partial charge is 0.488 e. The van der Waals surface area contributed by atoms with Crippen molar-refractivity contribution in [3.05, 3.63) is 58.0 Å². The van der Waals surface area contributed by atoms with Crippen molar-refractivity contribution < 1.29 is 23.8 Å². The van der Waals surface area contributed by atoms with Gasteiger partial charge in [0.1, 0.15) is 35.2 Å². The fourth-order valence-electron chi connectivity index (χ4n) is 6.05. The van der Waals surface area contributed by atoms with Crippen LogP contribution in [0.5, 0.6) is 11.5 Å². The lowest BCUT2D eigenvalue weighted by atomic mass is 9.93. The fourth-order valence-corrected chi connectivity index (χ4v) is 6.24. The highest BCUT2D eigenvalue weighted by molar-refractivity contribution is 6.34. The summed E-state index contributed by atoms with van der Waals surface area (Å²) in [5.74, 6) is -0.116. The summed E-state index contributed by atoms with van der Waals surface area (Å²) < 4.78 is 27.9. The standard InChI is InChI=1S/C29H31ClFN3O4/c30-28-23-12-20(5-6-25(23)32-33-28)27(18-3-1-2-4-18)38-21-13-24(31)22-11-17(16-37-26(22)14-21)15-34-9-7-19(8-10-34)29(35)36/h5-6,11-14,18-19,27H,1-4,7-10,15-16H2,(H,32,33)(H,35,36). The smallest absolute Gasteiger partial charge is 0.306 e. The summed E-state index contributed by atoms with van der Waals surface area (Å²) in [7, 11) is 0. The minimum Gasteiger partial charge on any atom is -0.488 e. The predicted octanol–water partition coefficient (Wildman–Crippen LogP) is 6.24. The molecule has 1 atom stereocenters. The number of carbonyl (C=O) groups is 1. The molecule has 0 bridgehead atoms. The second kappa shape index (κ2) is 10.6. The molecule has 7 nitrogen and oxygen atoms in total. The number of hydrogen-bond donors (Lipinski definition) is 2. The van der Waals surface area contributed by atoms with Gasteiger partial charge >= 0.3 is 5.97 Å². The van der Waals surface area contributed by atoms with E-state index in [-0.39, 0.29) is 17.8 Å². The molecule has 1 aromatic heterocycles. The number of carboxylic acid groups (broad SMARTS) is 1. The van der Waals surface area contributed by atoms with E-state index in [1.165, 1.54) is 6.07 Å². The molecule has 0 amide bonds. The van der Waals surface area contributed by atoms with Crippen LogP contribution in [-0.4, -0.2) is 52.4 Å². The zero-order valence-corrected chi connectivity index (χ0v) is 21.8. The first-order valence-electron chi connectivity index (χ1n) is 13.4. The molecule has 200 valence electrons. The summed E-state index contributed by atoms with van der Waals surface area (Å²) in [5.41, 5.74) is 3.21. The topological polar surface area (TPSA) is 87.7 Å². The Labute approximate surface area is 225 Å². The maximum Gasteiger partial charge on any atom is 0.306 e. The maximum atomic E-state index is 15.4. The number of rotatable bonds is 7. The summed E-state index contributed by atoms with van der Waals surface area (Å²) in [6, 6.07) is 9.21. The lowest BCUT2D eigenvalue weighted by molar-refractivity contribution is -0.143. The van der Waals surface area contributed by atoms with E-state index < -0.39 is 5.97 Å². The molecule has 1 aliphatic carbocycles. The number of hydrogen-bond acceptors (Lipinski definition) is 5. The van der Waals surface area contributed by atoms with Crippen LogP contribution in [0.4, 0.5) is 4.39 Å². The number of piperidine rings is 1. The molecular weight excluding hydrogens is 509 g/mol. The quantitative estimate of drug-likeness (QED) is 0.369. The van der Waals surface area contributed by atoms with E-state index in [1.54, 1.807) is 6.07 Å². The van der Waals surface area contributed by atoms with Crippen molar-refractivity contribution in [1.82, 2.24) is 15.1 Å². The van der Waals surface area contributed by atoms with Gasteiger partial charge in [0.2, 0.25) is 0 Å². The van der Waals surface area contributed by atoms with E-state index in [0.29, 0.717) is 54.1 Å². The number of nitrogens with one attached hydrogen (secondary N) is 1. The number of H-pyrrole nitrogens is 1.